The lowest BCUT2D eigenvalue weighted by molar-refractivity contribution is 0.976. The van der Waals surface area contributed by atoms with Gasteiger partial charge in [0.05, 0.1) is 11.9 Å². The fourth-order valence-corrected chi connectivity index (χ4v) is 1.53. The lowest BCUT2D eigenvalue weighted by Crippen LogP contribution is -2.15. The van der Waals surface area contributed by atoms with Gasteiger partial charge in [0.2, 0.25) is 0 Å². The van der Waals surface area contributed by atoms with E-state index in [1.165, 1.54) is 10.6 Å². The van der Waals surface area contributed by atoms with Gasteiger partial charge in [-0.05, 0) is 28.1 Å². The molecule has 70 valence electrons. The molecule has 0 aliphatic carbocycles. The average molecular weight is 251 g/mol. The van der Waals surface area contributed by atoms with Gasteiger partial charge in [0.15, 0.2) is 0 Å². The second-order valence-electron chi connectivity index (χ2n) is 2.77. The van der Waals surface area contributed by atoms with Gasteiger partial charge in [0.1, 0.15) is 0 Å². The lowest BCUT2D eigenvalue weighted by Gasteiger charge is -2.03. The fourth-order valence-electron chi connectivity index (χ4n) is 1.17. The van der Waals surface area contributed by atoms with Crippen LogP contribution in [0.1, 0.15) is 0 Å². The molecule has 0 saturated heterocycles. The van der Waals surface area contributed by atoms with Gasteiger partial charge < -0.3 is 0 Å². The fraction of sp³-hybridized carbons (Fsp3) is 0. The van der Waals surface area contributed by atoms with Crippen molar-refractivity contribution in [2.24, 2.45) is 0 Å². The van der Waals surface area contributed by atoms with Gasteiger partial charge in [0, 0.05) is 22.9 Å². The molecule has 0 N–H and O–H groups in total. The Morgan fingerprint density at radius 2 is 2.14 bits per heavy atom. The Morgan fingerprint density at radius 1 is 1.29 bits per heavy atom. The second-order valence-corrected chi connectivity index (χ2v) is 3.69. The molecule has 2 heterocycles. The van der Waals surface area contributed by atoms with Crippen LogP contribution < -0.4 is 5.56 Å². The topological polar surface area (TPSA) is 34.9 Å². The van der Waals surface area contributed by atoms with E-state index in [-0.39, 0.29) is 5.56 Å². The Hall–Kier alpha value is -1.42. The first kappa shape index (κ1) is 9.15. The van der Waals surface area contributed by atoms with E-state index < -0.39 is 0 Å². The summed E-state index contributed by atoms with van der Waals surface area (Å²) in [5, 5.41) is 0. The molecule has 0 fully saturated rings. The Balaban J connectivity index is 2.61. The summed E-state index contributed by atoms with van der Waals surface area (Å²) in [6.45, 7) is 0. The van der Waals surface area contributed by atoms with Gasteiger partial charge in [-0.15, -0.1) is 0 Å². The molecule has 0 radical (unpaired) electrons. The van der Waals surface area contributed by atoms with Crippen molar-refractivity contribution in [3.63, 3.8) is 0 Å². The Morgan fingerprint density at radius 3 is 2.86 bits per heavy atom. The predicted molar refractivity (Wildman–Crippen MR) is 57.5 cm³/mol. The van der Waals surface area contributed by atoms with Crippen molar-refractivity contribution in [1.29, 1.82) is 0 Å². The molecular formula is C10H7BrN2O. The molecule has 2 rings (SSSR count). The quantitative estimate of drug-likeness (QED) is 0.776. The summed E-state index contributed by atoms with van der Waals surface area (Å²) >= 11 is 3.31. The van der Waals surface area contributed by atoms with Crippen LogP contribution in [0.3, 0.4) is 0 Å². The molecule has 0 spiro atoms. The second kappa shape index (κ2) is 3.75. The minimum Gasteiger partial charge on any atom is -0.283 e. The number of hydrogen-bond donors (Lipinski definition) is 0. The molecule has 2 aromatic rings. The highest BCUT2D eigenvalue weighted by molar-refractivity contribution is 9.10. The van der Waals surface area contributed by atoms with Crippen molar-refractivity contribution >= 4 is 15.9 Å². The van der Waals surface area contributed by atoms with Crippen LogP contribution in [0.5, 0.6) is 0 Å². The SMILES string of the molecule is O=c1ccccn1-c1cncc(Br)c1. The standard InChI is InChI=1S/C10H7BrN2O/c11-8-5-9(7-12-6-8)13-4-2-1-3-10(13)14/h1-7H. The molecule has 0 aliphatic heterocycles. The molecule has 0 aliphatic rings. The summed E-state index contributed by atoms with van der Waals surface area (Å²) in [6, 6.07) is 6.88. The van der Waals surface area contributed by atoms with Gasteiger partial charge in [-0.3, -0.25) is 14.3 Å². The number of aromatic nitrogens is 2. The third kappa shape index (κ3) is 1.75. The molecule has 0 atom stereocenters. The first-order chi connectivity index (χ1) is 6.77. The maximum absolute atomic E-state index is 11.5. The predicted octanol–water partition coefficient (Wildman–Crippen LogP) is 1.99. The highest BCUT2D eigenvalue weighted by Gasteiger charge is 1.98. The van der Waals surface area contributed by atoms with E-state index in [4.69, 9.17) is 0 Å². The molecule has 2 aromatic heterocycles. The van der Waals surface area contributed by atoms with Gasteiger partial charge in [-0.2, -0.15) is 0 Å². The minimum absolute atomic E-state index is 0.0626. The van der Waals surface area contributed by atoms with Crippen molar-refractivity contribution in [2.45, 2.75) is 0 Å². The molecule has 14 heavy (non-hydrogen) atoms. The van der Waals surface area contributed by atoms with Crippen LogP contribution in [0.2, 0.25) is 0 Å². The number of nitrogens with zero attached hydrogens (tertiary/aromatic N) is 2. The molecule has 4 heteroatoms. The number of pyridine rings is 2. The molecule has 0 aromatic carbocycles. The molecule has 0 saturated carbocycles. The Kier molecular flexibility index (Phi) is 2.45. The molecular weight excluding hydrogens is 244 g/mol. The summed E-state index contributed by atoms with van der Waals surface area (Å²) in [5.74, 6) is 0. The third-order valence-electron chi connectivity index (χ3n) is 1.79. The van der Waals surface area contributed by atoms with E-state index >= 15 is 0 Å². The van der Waals surface area contributed by atoms with E-state index in [1.54, 1.807) is 24.7 Å². The van der Waals surface area contributed by atoms with E-state index in [0.717, 1.165) is 10.2 Å². The largest absolute Gasteiger partial charge is 0.283 e. The first-order valence-electron chi connectivity index (χ1n) is 4.06. The monoisotopic (exact) mass is 250 g/mol. The van der Waals surface area contributed by atoms with Crippen LogP contribution in [0, 0.1) is 0 Å². The van der Waals surface area contributed by atoms with Gasteiger partial charge in [-0.1, -0.05) is 6.07 Å². The molecule has 0 bridgehead atoms. The lowest BCUT2D eigenvalue weighted by atomic mass is 10.4. The first-order valence-corrected chi connectivity index (χ1v) is 4.85. The van der Waals surface area contributed by atoms with Crippen LogP contribution in [0.25, 0.3) is 5.69 Å². The summed E-state index contributed by atoms with van der Waals surface area (Å²) in [4.78, 5) is 15.4. The minimum atomic E-state index is -0.0626. The number of halogens is 1. The van der Waals surface area contributed by atoms with Crippen molar-refractivity contribution in [3.8, 4) is 5.69 Å². The van der Waals surface area contributed by atoms with Crippen LogP contribution in [-0.2, 0) is 0 Å². The summed E-state index contributed by atoms with van der Waals surface area (Å²) in [5.41, 5.74) is 0.692. The number of rotatable bonds is 1. The van der Waals surface area contributed by atoms with E-state index in [0.29, 0.717) is 0 Å². The van der Waals surface area contributed by atoms with Crippen molar-refractivity contribution in [1.82, 2.24) is 9.55 Å². The maximum Gasteiger partial charge on any atom is 0.255 e. The van der Waals surface area contributed by atoms with Crippen molar-refractivity contribution in [3.05, 3.63) is 57.7 Å². The third-order valence-corrected chi connectivity index (χ3v) is 2.22. The number of hydrogen-bond acceptors (Lipinski definition) is 2. The highest BCUT2D eigenvalue weighted by atomic mass is 79.9. The Bertz CT molecular complexity index is 507. The van der Waals surface area contributed by atoms with E-state index in [1.807, 2.05) is 12.1 Å². The zero-order valence-electron chi connectivity index (χ0n) is 7.22. The average Bonchev–Trinajstić information content (AvgIpc) is 2.18. The molecule has 3 nitrogen and oxygen atoms in total. The van der Waals surface area contributed by atoms with Crippen LogP contribution in [0.15, 0.2) is 52.1 Å². The summed E-state index contributed by atoms with van der Waals surface area (Å²) in [7, 11) is 0. The summed E-state index contributed by atoms with van der Waals surface area (Å²) < 4.78 is 2.39. The maximum atomic E-state index is 11.5. The molecule has 0 unspecified atom stereocenters. The Labute approximate surface area is 89.2 Å². The van der Waals surface area contributed by atoms with Gasteiger partial charge >= 0.3 is 0 Å². The van der Waals surface area contributed by atoms with Crippen LogP contribution in [-0.4, -0.2) is 9.55 Å². The van der Waals surface area contributed by atoms with Crippen LogP contribution >= 0.6 is 15.9 Å². The summed E-state index contributed by atoms with van der Waals surface area (Å²) in [6.07, 6.45) is 5.04. The zero-order chi connectivity index (χ0) is 9.97. The van der Waals surface area contributed by atoms with E-state index in [9.17, 15) is 4.79 Å². The normalized spacial score (nSPS) is 10.1. The van der Waals surface area contributed by atoms with Gasteiger partial charge in [-0.25, -0.2) is 0 Å². The highest BCUT2D eigenvalue weighted by Crippen LogP contribution is 2.11. The van der Waals surface area contributed by atoms with Crippen LogP contribution in [0.4, 0.5) is 0 Å². The van der Waals surface area contributed by atoms with Gasteiger partial charge in [0.25, 0.3) is 5.56 Å². The smallest absolute Gasteiger partial charge is 0.255 e. The zero-order valence-corrected chi connectivity index (χ0v) is 8.81. The van der Waals surface area contributed by atoms with E-state index in [2.05, 4.69) is 20.9 Å². The van der Waals surface area contributed by atoms with Crippen molar-refractivity contribution < 1.29 is 0 Å². The molecule has 0 amide bonds. The van der Waals surface area contributed by atoms with Crippen molar-refractivity contribution in [2.75, 3.05) is 0 Å².